The van der Waals surface area contributed by atoms with E-state index >= 15 is 0 Å². The second kappa shape index (κ2) is 10.6. The number of carbonyl (C=O) groups excluding carboxylic acids is 4. The molecule has 0 heterocycles. The monoisotopic (exact) mass is 462 g/mol. The number of hydrogen-bond acceptors (Lipinski definition) is 8. The van der Waals surface area contributed by atoms with Crippen molar-refractivity contribution < 1.29 is 28.7 Å². The number of anilines is 2. The fraction of sp³-hybridized carbons (Fsp3) is 0.231. The highest BCUT2D eigenvalue weighted by atomic mass is 16.5. The highest BCUT2D eigenvalue weighted by Crippen LogP contribution is 2.37. The van der Waals surface area contributed by atoms with Crippen molar-refractivity contribution in [2.75, 3.05) is 50.2 Å². The number of ether oxygens (including phenoxy) is 2. The van der Waals surface area contributed by atoms with Crippen LogP contribution in [0.5, 0.6) is 0 Å². The maximum atomic E-state index is 13.5. The van der Waals surface area contributed by atoms with Crippen LogP contribution < -0.4 is 9.80 Å². The van der Waals surface area contributed by atoms with Gasteiger partial charge in [0.25, 0.3) is 0 Å². The first-order chi connectivity index (χ1) is 16.3. The highest BCUT2D eigenvalue weighted by Gasteiger charge is 2.34. The van der Waals surface area contributed by atoms with E-state index < -0.39 is 11.9 Å². The maximum absolute atomic E-state index is 13.5. The summed E-state index contributed by atoms with van der Waals surface area (Å²) in [5.74, 6) is -1.58. The van der Waals surface area contributed by atoms with E-state index in [4.69, 9.17) is 9.47 Å². The lowest BCUT2D eigenvalue weighted by atomic mass is 9.82. The van der Waals surface area contributed by atoms with Crippen LogP contribution in [0, 0.1) is 0 Å². The molecule has 1 aliphatic carbocycles. The molecule has 0 bridgehead atoms. The van der Waals surface area contributed by atoms with Gasteiger partial charge in [0.2, 0.25) is 0 Å². The van der Waals surface area contributed by atoms with E-state index in [0.29, 0.717) is 46.7 Å². The minimum absolute atomic E-state index is 0.106. The first kappa shape index (κ1) is 24.4. The molecule has 0 spiro atoms. The van der Waals surface area contributed by atoms with Crippen molar-refractivity contribution >= 4 is 34.9 Å². The largest absolute Gasteiger partial charge is 0.461 e. The second-order valence-electron chi connectivity index (χ2n) is 7.64. The molecule has 0 N–H and O–H groups in total. The van der Waals surface area contributed by atoms with Crippen molar-refractivity contribution in [2.45, 2.75) is 0 Å². The predicted octanol–water partition coefficient (Wildman–Crippen LogP) is 2.79. The minimum atomic E-state index is -0.528. The van der Waals surface area contributed by atoms with Crippen molar-refractivity contribution in [1.29, 1.82) is 0 Å². The molecule has 0 aliphatic heterocycles. The van der Waals surface area contributed by atoms with E-state index in [1.807, 2.05) is 0 Å². The zero-order valence-corrected chi connectivity index (χ0v) is 19.2. The zero-order chi connectivity index (χ0) is 24.8. The van der Waals surface area contributed by atoms with Gasteiger partial charge in [-0.3, -0.25) is 9.59 Å². The molecule has 0 saturated heterocycles. The third-order valence-corrected chi connectivity index (χ3v) is 5.53. The molecule has 1 aliphatic rings. The summed E-state index contributed by atoms with van der Waals surface area (Å²) >= 11 is 0. The van der Waals surface area contributed by atoms with Crippen LogP contribution in [0.25, 0.3) is 0 Å². The number of rotatable bonds is 10. The molecule has 0 aromatic heterocycles. The average molecular weight is 463 g/mol. The van der Waals surface area contributed by atoms with Gasteiger partial charge in [-0.05, 0) is 12.1 Å². The Balaban J connectivity index is 1.90. The van der Waals surface area contributed by atoms with Crippen LogP contribution in [0.2, 0.25) is 0 Å². The van der Waals surface area contributed by atoms with Gasteiger partial charge in [0.15, 0.2) is 11.6 Å². The summed E-state index contributed by atoms with van der Waals surface area (Å²) in [6, 6.07) is 10.2. The van der Waals surface area contributed by atoms with Crippen LogP contribution in [-0.2, 0) is 19.1 Å². The summed E-state index contributed by atoms with van der Waals surface area (Å²) in [5.41, 5.74) is 2.40. The summed E-state index contributed by atoms with van der Waals surface area (Å²) in [6.45, 7) is 7.60. The van der Waals surface area contributed by atoms with Gasteiger partial charge in [0.1, 0.15) is 13.2 Å². The lowest BCUT2D eigenvalue weighted by Crippen LogP contribution is -2.31. The van der Waals surface area contributed by atoms with Crippen LogP contribution in [0.15, 0.2) is 61.7 Å². The van der Waals surface area contributed by atoms with Crippen LogP contribution in [0.4, 0.5) is 11.4 Å². The molecule has 34 heavy (non-hydrogen) atoms. The van der Waals surface area contributed by atoms with E-state index in [1.165, 1.54) is 0 Å². The Hall–Kier alpha value is -4.20. The summed E-state index contributed by atoms with van der Waals surface area (Å²) in [7, 11) is 3.53. The number of hydrogen-bond donors (Lipinski definition) is 0. The van der Waals surface area contributed by atoms with Gasteiger partial charge < -0.3 is 19.3 Å². The van der Waals surface area contributed by atoms with E-state index in [-0.39, 0.29) is 24.8 Å². The molecule has 0 unspecified atom stereocenters. The molecule has 8 nitrogen and oxygen atoms in total. The Morgan fingerprint density at radius 2 is 1.15 bits per heavy atom. The van der Waals surface area contributed by atoms with E-state index in [2.05, 4.69) is 13.2 Å². The molecule has 176 valence electrons. The van der Waals surface area contributed by atoms with Gasteiger partial charge in [-0.15, -0.1) is 0 Å². The number of ketones is 2. The lowest BCUT2D eigenvalue weighted by molar-refractivity contribution is -0.138. The summed E-state index contributed by atoms with van der Waals surface area (Å²) in [5, 5.41) is 0. The third kappa shape index (κ3) is 4.91. The fourth-order valence-corrected chi connectivity index (χ4v) is 3.77. The molecular weight excluding hydrogens is 436 g/mol. The normalized spacial score (nSPS) is 11.7. The van der Waals surface area contributed by atoms with Crippen molar-refractivity contribution in [3.05, 3.63) is 84.0 Å². The number of fused-ring (bicyclic) bond motifs is 2. The van der Waals surface area contributed by atoms with Gasteiger partial charge >= 0.3 is 11.9 Å². The van der Waals surface area contributed by atoms with E-state index in [9.17, 15) is 19.2 Å². The van der Waals surface area contributed by atoms with Crippen LogP contribution >= 0.6 is 0 Å². The molecule has 0 amide bonds. The molecule has 0 radical (unpaired) electrons. The smallest absolute Gasteiger partial charge is 0.330 e. The van der Waals surface area contributed by atoms with Gasteiger partial charge in [-0.1, -0.05) is 37.4 Å². The Kier molecular flexibility index (Phi) is 7.63. The molecule has 0 fully saturated rings. The minimum Gasteiger partial charge on any atom is -0.461 e. The molecule has 2 aromatic carbocycles. The Morgan fingerprint density at radius 3 is 1.50 bits per heavy atom. The number of nitrogens with zero attached hydrogens (tertiary/aromatic N) is 2. The maximum Gasteiger partial charge on any atom is 0.330 e. The summed E-state index contributed by atoms with van der Waals surface area (Å²) < 4.78 is 10.1. The standard InChI is InChI=1S/C26H26N2O6/c1-5-21(29)33-15-13-27(3)19-11-7-9-17-23(19)25(31)18-10-8-12-20(24(18)26(17)32)28(4)14-16-34-22(30)6-2/h5-12H,1-2,13-16H2,3-4H3. The summed E-state index contributed by atoms with van der Waals surface area (Å²) in [4.78, 5) is 53.3. The fourth-order valence-electron chi connectivity index (χ4n) is 3.77. The second-order valence-corrected chi connectivity index (χ2v) is 7.64. The third-order valence-electron chi connectivity index (χ3n) is 5.53. The topological polar surface area (TPSA) is 93.2 Å². The van der Waals surface area contributed by atoms with Crippen molar-refractivity contribution in [2.24, 2.45) is 0 Å². The van der Waals surface area contributed by atoms with Gasteiger partial charge in [0, 0.05) is 48.7 Å². The molecule has 2 aromatic rings. The molecule has 3 rings (SSSR count). The van der Waals surface area contributed by atoms with E-state index in [0.717, 1.165) is 12.2 Å². The Morgan fingerprint density at radius 1 is 0.765 bits per heavy atom. The number of benzene rings is 2. The zero-order valence-electron chi connectivity index (χ0n) is 19.2. The van der Waals surface area contributed by atoms with Gasteiger partial charge in [0.05, 0.1) is 24.2 Å². The van der Waals surface area contributed by atoms with Crippen molar-refractivity contribution in [3.63, 3.8) is 0 Å². The highest BCUT2D eigenvalue weighted by molar-refractivity contribution is 6.31. The number of likely N-dealkylation sites (N-methyl/N-ethyl adjacent to an activating group) is 2. The van der Waals surface area contributed by atoms with E-state index in [1.54, 1.807) is 60.3 Å². The van der Waals surface area contributed by atoms with Crippen LogP contribution in [0.3, 0.4) is 0 Å². The Bertz CT molecular complexity index is 1080. The van der Waals surface area contributed by atoms with Crippen LogP contribution in [0.1, 0.15) is 31.8 Å². The van der Waals surface area contributed by atoms with Gasteiger partial charge in [-0.25, -0.2) is 9.59 Å². The Labute approximate surface area is 198 Å². The predicted molar refractivity (Wildman–Crippen MR) is 129 cm³/mol. The molecule has 8 heteroatoms. The average Bonchev–Trinajstić information content (AvgIpc) is 2.85. The number of esters is 2. The lowest BCUT2D eigenvalue weighted by Gasteiger charge is -2.29. The first-order valence-corrected chi connectivity index (χ1v) is 10.7. The van der Waals surface area contributed by atoms with Crippen molar-refractivity contribution in [3.8, 4) is 0 Å². The molecule has 0 saturated carbocycles. The molecule has 0 atom stereocenters. The van der Waals surface area contributed by atoms with Crippen molar-refractivity contribution in [1.82, 2.24) is 0 Å². The quantitative estimate of drug-likeness (QED) is 0.335. The summed E-state index contributed by atoms with van der Waals surface area (Å²) in [6.07, 6.45) is 2.17. The molecular formula is C26H26N2O6. The van der Waals surface area contributed by atoms with Crippen LogP contribution in [-0.4, -0.2) is 63.9 Å². The number of carbonyl (C=O) groups is 4. The van der Waals surface area contributed by atoms with Gasteiger partial charge in [-0.2, -0.15) is 0 Å². The SMILES string of the molecule is C=CC(=O)OCCN(C)c1cccc2c1C(=O)c1cccc(N(C)CCOC(=O)C=C)c1C2=O. The first-order valence-electron chi connectivity index (χ1n) is 10.7.